The van der Waals surface area contributed by atoms with Crippen LogP contribution in [-0.2, 0) is 9.53 Å². The third-order valence-electron chi connectivity index (χ3n) is 4.41. The number of thiazole rings is 1. The Bertz CT molecular complexity index is 969. The van der Waals surface area contributed by atoms with Crippen molar-refractivity contribution < 1.29 is 28.6 Å². The van der Waals surface area contributed by atoms with Gasteiger partial charge in [-0.2, -0.15) is 0 Å². The number of ether oxygens (including phenoxy) is 3. The molecular weight excluding hydrogens is 410 g/mol. The normalized spacial score (nSPS) is 13.9. The maximum Gasteiger partial charge on any atom is 0.351 e. The first kappa shape index (κ1) is 21.6. The molecule has 1 unspecified atom stereocenters. The van der Waals surface area contributed by atoms with Crippen molar-refractivity contribution in [3.63, 3.8) is 0 Å². The fraction of sp³-hybridized carbons (Fsp3) is 0.400. The molecule has 0 saturated heterocycles. The van der Waals surface area contributed by atoms with E-state index in [4.69, 9.17) is 14.2 Å². The topological polar surface area (TPSA) is 116 Å². The molecule has 1 heterocycles. The molecule has 2 N–H and O–H groups in total. The highest BCUT2D eigenvalue weighted by atomic mass is 32.1. The number of benzene rings is 1. The Hall–Kier alpha value is -3.14. The summed E-state index contributed by atoms with van der Waals surface area (Å²) in [6.45, 7) is 3.09. The molecule has 2 aromatic rings. The quantitative estimate of drug-likeness (QED) is 0.645. The molecule has 0 bridgehead atoms. The number of nitrogens with one attached hydrogen (secondary N) is 2. The Morgan fingerprint density at radius 2 is 1.87 bits per heavy atom. The number of aryl methyl sites for hydroxylation is 1. The standard InChI is InChI=1S/C20H23N3O6S/c1-10-16(19(25)29-11(2)17(24)23-20(26)22-13-6-7-13)30-18(21-10)12-5-8-14(27-3)15(9-12)28-4/h5,8-9,11,13H,6-7H2,1-4H3,(H2,22,23,24,26). The van der Waals surface area contributed by atoms with Crippen LogP contribution in [0.2, 0.25) is 0 Å². The molecular formula is C20H23N3O6S. The van der Waals surface area contributed by atoms with Crippen molar-refractivity contribution >= 4 is 29.2 Å². The minimum Gasteiger partial charge on any atom is -0.493 e. The first-order valence-electron chi connectivity index (χ1n) is 9.34. The van der Waals surface area contributed by atoms with E-state index in [2.05, 4.69) is 15.6 Å². The van der Waals surface area contributed by atoms with Gasteiger partial charge in [-0.3, -0.25) is 10.1 Å². The Balaban J connectivity index is 1.67. The van der Waals surface area contributed by atoms with Gasteiger partial charge in [-0.25, -0.2) is 14.6 Å². The number of rotatable bonds is 7. The lowest BCUT2D eigenvalue weighted by Gasteiger charge is -2.12. The van der Waals surface area contributed by atoms with Gasteiger partial charge in [0.2, 0.25) is 0 Å². The third kappa shape index (κ3) is 5.07. The monoisotopic (exact) mass is 433 g/mol. The molecule has 30 heavy (non-hydrogen) atoms. The van der Waals surface area contributed by atoms with Crippen LogP contribution in [0.5, 0.6) is 11.5 Å². The Kier molecular flexibility index (Phi) is 6.56. The summed E-state index contributed by atoms with van der Waals surface area (Å²) in [5.41, 5.74) is 1.23. The lowest BCUT2D eigenvalue weighted by atomic mass is 10.2. The van der Waals surface area contributed by atoms with Crippen molar-refractivity contribution in [2.45, 2.75) is 38.8 Å². The summed E-state index contributed by atoms with van der Waals surface area (Å²) in [6, 6.07) is 4.85. The second-order valence-electron chi connectivity index (χ2n) is 6.79. The van der Waals surface area contributed by atoms with Crippen LogP contribution in [0.1, 0.15) is 35.1 Å². The molecule has 1 aliphatic carbocycles. The van der Waals surface area contributed by atoms with Crippen LogP contribution in [0.3, 0.4) is 0 Å². The molecule has 0 radical (unpaired) electrons. The summed E-state index contributed by atoms with van der Waals surface area (Å²) in [7, 11) is 3.08. The number of methoxy groups -OCH3 is 2. The zero-order valence-electron chi connectivity index (χ0n) is 17.1. The number of carbonyl (C=O) groups is 3. The molecule has 3 rings (SSSR count). The fourth-order valence-electron chi connectivity index (χ4n) is 2.61. The van der Waals surface area contributed by atoms with Gasteiger partial charge in [0.25, 0.3) is 5.91 Å². The van der Waals surface area contributed by atoms with E-state index in [0.29, 0.717) is 22.2 Å². The highest BCUT2D eigenvalue weighted by Gasteiger charge is 2.27. The van der Waals surface area contributed by atoms with Gasteiger partial charge < -0.3 is 19.5 Å². The van der Waals surface area contributed by atoms with Crippen molar-refractivity contribution in [2.75, 3.05) is 14.2 Å². The van der Waals surface area contributed by atoms with Crippen LogP contribution in [0.25, 0.3) is 10.6 Å². The predicted octanol–water partition coefficient (Wildman–Crippen LogP) is 2.67. The van der Waals surface area contributed by atoms with Crippen LogP contribution in [0, 0.1) is 6.92 Å². The number of hydrogen-bond acceptors (Lipinski definition) is 8. The van der Waals surface area contributed by atoms with Gasteiger partial charge in [0.1, 0.15) is 9.88 Å². The Morgan fingerprint density at radius 1 is 1.17 bits per heavy atom. The number of hydrogen-bond donors (Lipinski definition) is 2. The maximum absolute atomic E-state index is 12.5. The van der Waals surface area contributed by atoms with Crippen LogP contribution >= 0.6 is 11.3 Å². The second kappa shape index (κ2) is 9.12. The zero-order valence-corrected chi connectivity index (χ0v) is 17.9. The lowest BCUT2D eigenvalue weighted by Crippen LogP contribution is -2.45. The minimum atomic E-state index is -1.13. The molecule has 1 atom stereocenters. The van der Waals surface area contributed by atoms with E-state index in [0.717, 1.165) is 29.7 Å². The van der Waals surface area contributed by atoms with Crippen molar-refractivity contribution in [2.24, 2.45) is 0 Å². The first-order chi connectivity index (χ1) is 14.3. The van der Waals surface area contributed by atoms with Gasteiger partial charge >= 0.3 is 12.0 Å². The van der Waals surface area contributed by atoms with Crippen molar-refractivity contribution in [3.8, 4) is 22.1 Å². The van der Waals surface area contributed by atoms with Crippen molar-refractivity contribution in [1.82, 2.24) is 15.6 Å². The predicted molar refractivity (Wildman–Crippen MR) is 110 cm³/mol. The van der Waals surface area contributed by atoms with Crippen molar-refractivity contribution in [1.29, 1.82) is 0 Å². The molecule has 1 aliphatic rings. The Morgan fingerprint density at radius 3 is 2.50 bits per heavy atom. The molecule has 10 heteroatoms. The van der Waals surface area contributed by atoms with Gasteiger partial charge in [-0.15, -0.1) is 11.3 Å². The number of amides is 3. The number of urea groups is 1. The third-order valence-corrected chi connectivity index (χ3v) is 5.60. The van der Waals surface area contributed by atoms with Gasteiger partial charge in [-0.1, -0.05) is 0 Å². The molecule has 1 fully saturated rings. The Labute approximate surface area is 177 Å². The molecule has 3 amide bonds. The highest BCUT2D eigenvalue weighted by Crippen LogP contribution is 2.35. The molecule has 9 nitrogen and oxygen atoms in total. The summed E-state index contributed by atoms with van der Waals surface area (Å²) < 4.78 is 15.8. The van der Waals surface area contributed by atoms with E-state index in [1.165, 1.54) is 14.0 Å². The van der Waals surface area contributed by atoms with E-state index in [1.807, 2.05) is 6.07 Å². The van der Waals surface area contributed by atoms with Gasteiger partial charge in [0.15, 0.2) is 17.6 Å². The van der Waals surface area contributed by atoms with Gasteiger partial charge in [0.05, 0.1) is 19.9 Å². The molecule has 0 spiro atoms. The van der Waals surface area contributed by atoms with E-state index < -0.39 is 24.0 Å². The summed E-state index contributed by atoms with van der Waals surface area (Å²) >= 11 is 1.14. The van der Waals surface area contributed by atoms with Crippen LogP contribution in [0.4, 0.5) is 4.79 Å². The SMILES string of the molecule is COc1ccc(-c2nc(C)c(C(=O)OC(C)C(=O)NC(=O)NC3CC3)s2)cc1OC. The molecule has 1 saturated carbocycles. The number of imide groups is 1. The average Bonchev–Trinajstić information content (AvgIpc) is 3.44. The van der Waals surface area contributed by atoms with Crippen molar-refractivity contribution in [3.05, 3.63) is 28.8 Å². The van der Waals surface area contributed by atoms with Crippen LogP contribution in [-0.4, -0.2) is 49.3 Å². The minimum absolute atomic E-state index is 0.116. The number of nitrogens with zero attached hydrogens (tertiary/aromatic N) is 1. The zero-order chi connectivity index (χ0) is 21.8. The smallest absolute Gasteiger partial charge is 0.351 e. The van der Waals surface area contributed by atoms with Gasteiger partial charge in [0, 0.05) is 11.6 Å². The second-order valence-corrected chi connectivity index (χ2v) is 7.79. The fourth-order valence-corrected chi connectivity index (χ4v) is 3.55. The summed E-state index contributed by atoms with van der Waals surface area (Å²) in [6.07, 6.45) is 0.673. The summed E-state index contributed by atoms with van der Waals surface area (Å²) in [4.78, 5) is 41.0. The van der Waals surface area contributed by atoms with E-state index >= 15 is 0 Å². The highest BCUT2D eigenvalue weighted by molar-refractivity contribution is 7.17. The van der Waals surface area contributed by atoms with E-state index in [9.17, 15) is 14.4 Å². The number of esters is 1. The average molecular weight is 433 g/mol. The van der Waals surface area contributed by atoms with E-state index in [1.54, 1.807) is 26.2 Å². The molecule has 0 aliphatic heterocycles. The van der Waals surface area contributed by atoms with E-state index in [-0.39, 0.29) is 10.9 Å². The number of aromatic nitrogens is 1. The van der Waals surface area contributed by atoms with Gasteiger partial charge in [-0.05, 0) is 44.9 Å². The van der Waals surface area contributed by atoms with Crippen LogP contribution < -0.4 is 20.1 Å². The molecule has 1 aromatic heterocycles. The largest absolute Gasteiger partial charge is 0.493 e. The summed E-state index contributed by atoms with van der Waals surface area (Å²) in [5.74, 6) is -0.243. The first-order valence-corrected chi connectivity index (χ1v) is 10.2. The number of carbonyl (C=O) groups excluding carboxylic acids is 3. The summed E-state index contributed by atoms with van der Waals surface area (Å²) in [5, 5.41) is 5.41. The molecule has 1 aromatic carbocycles. The van der Waals surface area contributed by atoms with Crippen LogP contribution in [0.15, 0.2) is 18.2 Å². The maximum atomic E-state index is 12.5. The molecule has 160 valence electrons. The lowest BCUT2D eigenvalue weighted by molar-refractivity contribution is -0.127.